The number of hydrogen-bond acceptors (Lipinski definition) is 8. The number of carboxylic acid groups (broad SMARTS) is 1. The van der Waals surface area contributed by atoms with Gasteiger partial charge in [-0.1, -0.05) is 20.3 Å². The molecule has 11 nitrogen and oxygen atoms in total. The second-order valence-corrected chi connectivity index (χ2v) is 7.93. The van der Waals surface area contributed by atoms with Crippen LogP contribution in [0.3, 0.4) is 0 Å². The van der Waals surface area contributed by atoms with Gasteiger partial charge in [0.25, 0.3) is 0 Å². The third-order valence-corrected chi connectivity index (χ3v) is 5.36. The van der Waals surface area contributed by atoms with Crippen LogP contribution in [0.4, 0.5) is 0 Å². The Hall–Kier alpha value is -1.89. The maximum Gasteiger partial charge on any atom is 0.326 e. The van der Waals surface area contributed by atoms with Crippen molar-refractivity contribution in [3.63, 3.8) is 0 Å². The van der Waals surface area contributed by atoms with Gasteiger partial charge in [0.15, 0.2) is 0 Å². The highest BCUT2D eigenvalue weighted by Crippen LogP contribution is 2.10. The number of aliphatic hydroxyl groups excluding tert-OH is 1. The minimum Gasteiger partial charge on any atom is -0.480 e. The molecule has 0 aromatic carbocycles. The predicted octanol–water partition coefficient (Wildman–Crippen LogP) is -1.66. The van der Waals surface area contributed by atoms with Gasteiger partial charge in [0.1, 0.15) is 24.2 Å². The first kappa shape index (κ1) is 29.1. The summed E-state index contributed by atoms with van der Waals surface area (Å²) in [6.45, 7) is 5.26. The normalized spacial score (nSPS) is 16.9. The molecule has 31 heavy (non-hydrogen) atoms. The fourth-order valence-corrected chi connectivity index (χ4v) is 2.91. The van der Waals surface area contributed by atoms with Crippen LogP contribution in [0.15, 0.2) is 0 Å². The molecule has 0 saturated heterocycles. The molecule has 180 valence electrons. The number of nitrogens with one attached hydrogen (secondary N) is 3. The Labute approximate surface area is 188 Å². The Morgan fingerprint density at radius 3 is 1.97 bits per heavy atom. The van der Waals surface area contributed by atoms with Crippen LogP contribution >= 0.6 is 12.6 Å². The molecule has 0 rings (SSSR count). The molecule has 0 aromatic rings. The van der Waals surface area contributed by atoms with Gasteiger partial charge in [-0.3, -0.25) is 14.4 Å². The van der Waals surface area contributed by atoms with Crippen molar-refractivity contribution in [1.82, 2.24) is 16.0 Å². The van der Waals surface area contributed by atoms with E-state index in [0.717, 1.165) is 0 Å². The molecule has 0 bridgehead atoms. The van der Waals surface area contributed by atoms with Gasteiger partial charge in [0.2, 0.25) is 17.7 Å². The quantitative estimate of drug-likeness (QED) is 0.104. The molecule has 0 aliphatic heterocycles. The Morgan fingerprint density at radius 1 is 0.968 bits per heavy atom. The molecule has 3 amide bonds. The van der Waals surface area contributed by atoms with Crippen molar-refractivity contribution in [3.05, 3.63) is 0 Å². The first-order valence-corrected chi connectivity index (χ1v) is 11.0. The zero-order chi connectivity index (χ0) is 24.1. The smallest absolute Gasteiger partial charge is 0.326 e. The summed E-state index contributed by atoms with van der Waals surface area (Å²) >= 11 is 4.06. The third-order valence-electron chi connectivity index (χ3n) is 4.99. The number of thiol groups is 1. The van der Waals surface area contributed by atoms with Crippen LogP contribution in [0.25, 0.3) is 0 Å². The van der Waals surface area contributed by atoms with Gasteiger partial charge in [-0.05, 0) is 38.6 Å². The number of carbonyl (C=O) groups is 4. The maximum atomic E-state index is 12.8. The topological polar surface area (TPSA) is 197 Å². The van der Waals surface area contributed by atoms with Crippen LogP contribution in [-0.4, -0.2) is 76.5 Å². The average Bonchev–Trinajstić information content (AvgIpc) is 2.72. The number of carboxylic acids is 1. The van der Waals surface area contributed by atoms with E-state index in [1.54, 1.807) is 6.92 Å². The summed E-state index contributed by atoms with van der Waals surface area (Å²) in [5.41, 5.74) is 11.1. The van der Waals surface area contributed by atoms with Gasteiger partial charge in [0, 0.05) is 5.75 Å². The van der Waals surface area contributed by atoms with Gasteiger partial charge in [-0.2, -0.15) is 12.6 Å². The van der Waals surface area contributed by atoms with Crippen molar-refractivity contribution >= 4 is 36.3 Å². The SMILES string of the molecule is CCC(C)C(NC(=O)C(CCCCN)NC(=O)C(CS)NC(=O)C(N)C(C)O)C(=O)O. The molecule has 0 heterocycles. The van der Waals surface area contributed by atoms with Crippen molar-refractivity contribution in [2.45, 2.75) is 76.7 Å². The second-order valence-electron chi connectivity index (χ2n) is 7.57. The summed E-state index contributed by atoms with van der Waals surface area (Å²) in [5, 5.41) is 26.3. The molecule has 0 saturated carbocycles. The number of unbranched alkanes of at least 4 members (excludes halogenated alkanes) is 1. The van der Waals surface area contributed by atoms with Crippen molar-refractivity contribution < 1.29 is 29.4 Å². The van der Waals surface area contributed by atoms with Crippen LogP contribution in [0, 0.1) is 5.92 Å². The van der Waals surface area contributed by atoms with E-state index in [4.69, 9.17) is 11.5 Å². The van der Waals surface area contributed by atoms with E-state index in [2.05, 4.69) is 28.6 Å². The molecular weight excluding hydrogens is 426 g/mol. The highest BCUT2D eigenvalue weighted by atomic mass is 32.1. The Bertz CT molecular complexity index is 606. The number of aliphatic carboxylic acids is 1. The van der Waals surface area contributed by atoms with E-state index in [-0.39, 0.29) is 18.1 Å². The molecule has 0 radical (unpaired) electrons. The summed E-state index contributed by atoms with van der Waals surface area (Å²) in [6, 6.07) is -4.45. The zero-order valence-electron chi connectivity index (χ0n) is 18.3. The van der Waals surface area contributed by atoms with E-state index in [0.29, 0.717) is 25.8 Å². The largest absolute Gasteiger partial charge is 0.480 e. The van der Waals surface area contributed by atoms with E-state index >= 15 is 0 Å². The summed E-state index contributed by atoms with van der Waals surface area (Å²) in [7, 11) is 0. The number of amides is 3. The molecule has 0 aliphatic carbocycles. The van der Waals surface area contributed by atoms with Crippen molar-refractivity contribution in [2.75, 3.05) is 12.3 Å². The lowest BCUT2D eigenvalue weighted by Gasteiger charge is -2.26. The van der Waals surface area contributed by atoms with E-state index in [1.165, 1.54) is 6.92 Å². The van der Waals surface area contributed by atoms with E-state index in [9.17, 15) is 29.4 Å². The zero-order valence-corrected chi connectivity index (χ0v) is 19.2. The van der Waals surface area contributed by atoms with Gasteiger partial charge in [0.05, 0.1) is 6.10 Å². The molecule has 6 atom stereocenters. The Balaban J connectivity index is 5.33. The van der Waals surface area contributed by atoms with Crippen LogP contribution in [-0.2, 0) is 19.2 Å². The lowest BCUT2D eigenvalue weighted by molar-refractivity contribution is -0.144. The van der Waals surface area contributed by atoms with Gasteiger partial charge in [-0.25, -0.2) is 4.79 Å². The van der Waals surface area contributed by atoms with Crippen LogP contribution in [0.1, 0.15) is 46.5 Å². The third kappa shape index (κ3) is 10.3. The predicted molar refractivity (Wildman–Crippen MR) is 119 cm³/mol. The van der Waals surface area contributed by atoms with Gasteiger partial charge in [-0.15, -0.1) is 0 Å². The first-order valence-electron chi connectivity index (χ1n) is 10.4. The molecule has 0 aliphatic rings. The highest BCUT2D eigenvalue weighted by Gasteiger charge is 2.31. The van der Waals surface area contributed by atoms with Gasteiger partial charge < -0.3 is 37.6 Å². The number of rotatable bonds is 15. The molecule has 0 spiro atoms. The summed E-state index contributed by atoms with van der Waals surface area (Å²) < 4.78 is 0. The van der Waals surface area contributed by atoms with Crippen molar-refractivity contribution in [3.8, 4) is 0 Å². The maximum absolute atomic E-state index is 12.8. The molecule has 9 N–H and O–H groups in total. The molecule has 12 heteroatoms. The molecular formula is C19H37N5O6S. The second kappa shape index (κ2) is 15.0. The Morgan fingerprint density at radius 2 is 1.52 bits per heavy atom. The van der Waals surface area contributed by atoms with Crippen LogP contribution in [0.2, 0.25) is 0 Å². The monoisotopic (exact) mass is 463 g/mol. The minimum atomic E-state index is -1.23. The lowest BCUT2D eigenvalue weighted by Crippen LogP contribution is -2.59. The fourth-order valence-electron chi connectivity index (χ4n) is 2.65. The first-order chi connectivity index (χ1) is 14.5. The van der Waals surface area contributed by atoms with E-state index in [1.807, 2.05) is 6.92 Å². The number of aliphatic hydroxyl groups is 1. The summed E-state index contributed by atoms with van der Waals surface area (Å²) in [6.07, 6.45) is 0.803. The standard InChI is InChI=1S/C19H37N5O6S/c1-4-10(2)15(19(29)30)24-16(26)12(7-5-6-8-20)22-17(27)13(9-31)23-18(28)14(21)11(3)25/h10-15,25,31H,4-9,20-21H2,1-3H3,(H,22,27)(H,23,28)(H,24,26)(H,29,30). The van der Waals surface area contributed by atoms with Gasteiger partial charge >= 0.3 is 5.97 Å². The van der Waals surface area contributed by atoms with E-state index < -0.39 is 54.0 Å². The highest BCUT2D eigenvalue weighted by molar-refractivity contribution is 7.80. The number of hydrogen-bond donors (Lipinski definition) is 8. The summed E-state index contributed by atoms with van der Waals surface area (Å²) in [4.78, 5) is 49.0. The van der Waals surface area contributed by atoms with Crippen molar-refractivity contribution in [1.29, 1.82) is 0 Å². The average molecular weight is 464 g/mol. The molecule has 0 fully saturated rings. The minimum absolute atomic E-state index is 0.0775. The summed E-state index contributed by atoms with van der Waals surface area (Å²) in [5.74, 6) is -3.61. The molecule has 0 aromatic heterocycles. The lowest BCUT2D eigenvalue weighted by atomic mass is 9.98. The van der Waals surface area contributed by atoms with Crippen LogP contribution in [0.5, 0.6) is 0 Å². The van der Waals surface area contributed by atoms with Crippen molar-refractivity contribution in [2.24, 2.45) is 17.4 Å². The number of carbonyl (C=O) groups excluding carboxylic acids is 3. The fraction of sp³-hybridized carbons (Fsp3) is 0.789. The van der Waals surface area contributed by atoms with Crippen LogP contribution < -0.4 is 27.4 Å². The number of nitrogens with two attached hydrogens (primary N) is 2. The Kier molecular flexibility index (Phi) is 14.1. The molecule has 6 unspecified atom stereocenters.